The standard InChI is InChI=1S/C28H36N6O5/c35-24-4-3-23(26(37)30-24)34-27(38)21-2-1-20(14-22(21)28(34)39)32-9-5-18(6-10-32)16-33-17-19(13-25(33)36)15-31-11-7-29-8-12-31/h1-2,14,18-19,23,29H,3-13,15-17H2,(H,30,35,37)/t19-,23?/m1/s1. The Kier molecular flexibility index (Phi) is 7.11. The van der Waals surface area contributed by atoms with Crippen LogP contribution in [0.25, 0.3) is 0 Å². The molecule has 0 bridgehead atoms. The van der Waals surface area contributed by atoms with E-state index >= 15 is 0 Å². The molecule has 11 heteroatoms. The van der Waals surface area contributed by atoms with E-state index in [9.17, 15) is 24.0 Å². The molecule has 0 spiro atoms. The van der Waals surface area contributed by atoms with Crippen molar-refractivity contribution in [3.63, 3.8) is 0 Å². The second-order valence-electron chi connectivity index (χ2n) is 11.5. The van der Waals surface area contributed by atoms with Gasteiger partial charge in [0.15, 0.2) is 0 Å². The summed E-state index contributed by atoms with van der Waals surface area (Å²) in [4.78, 5) is 70.5. The van der Waals surface area contributed by atoms with E-state index in [4.69, 9.17) is 0 Å². The summed E-state index contributed by atoms with van der Waals surface area (Å²) in [6.45, 7) is 8.45. The first kappa shape index (κ1) is 25.9. The highest BCUT2D eigenvalue weighted by Gasteiger charge is 2.45. The quantitative estimate of drug-likeness (QED) is 0.490. The molecule has 6 rings (SSSR count). The zero-order chi connectivity index (χ0) is 27.1. The van der Waals surface area contributed by atoms with Gasteiger partial charge in [-0.1, -0.05) is 0 Å². The monoisotopic (exact) mass is 536 g/mol. The van der Waals surface area contributed by atoms with Gasteiger partial charge in [0.05, 0.1) is 11.1 Å². The van der Waals surface area contributed by atoms with Crippen LogP contribution in [0.15, 0.2) is 18.2 Å². The number of rotatable bonds is 6. The fraction of sp³-hybridized carbons (Fsp3) is 0.607. The Morgan fingerprint density at radius 2 is 1.56 bits per heavy atom. The van der Waals surface area contributed by atoms with Crippen molar-refractivity contribution < 1.29 is 24.0 Å². The lowest BCUT2D eigenvalue weighted by atomic mass is 9.95. The molecule has 5 aliphatic rings. The first-order chi connectivity index (χ1) is 18.9. The molecule has 0 saturated carbocycles. The maximum absolute atomic E-state index is 13.2. The lowest BCUT2D eigenvalue weighted by Gasteiger charge is -2.35. The lowest BCUT2D eigenvalue weighted by Crippen LogP contribution is -2.54. The number of anilines is 1. The van der Waals surface area contributed by atoms with Crippen molar-refractivity contribution in [1.82, 2.24) is 25.3 Å². The summed E-state index contributed by atoms with van der Waals surface area (Å²) >= 11 is 0. The number of hydrogen-bond donors (Lipinski definition) is 2. The molecular weight excluding hydrogens is 500 g/mol. The highest BCUT2D eigenvalue weighted by atomic mass is 16.2. The van der Waals surface area contributed by atoms with Crippen molar-refractivity contribution in [2.45, 2.75) is 38.1 Å². The van der Waals surface area contributed by atoms with Crippen LogP contribution in [0.5, 0.6) is 0 Å². The molecule has 39 heavy (non-hydrogen) atoms. The number of nitrogens with zero attached hydrogens (tertiary/aromatic N) is 4. The minimum Gasteiger partial charge on any atom is -0.371 e. The van der Waals surface area contributed by atoms with Gasteiger partial charge in [0, 0.05) is 77.4 Å². The summed E-state index contributed by atoms with van der Waals surface area (Å²) in [5.74, 6) is -0.812. The van der Waals surface area contributed by atoms with Crippen LogP contribution in [0.3, 0.4) is 0 Å². The molecule has 11 nitrogen and oxygen atoms in total. The zero-order valence-electron chi connectivity index (χ0n) is 22.2. The van der Waals surface area contributed by atoms with Gasteiger partial charge in [-0.2, -0.15) is 0 Å². The Labute approximate surface area is 227 Å². The van der Waals surface area contributed by atoms with E-state index in [2.05, 4.69) is 25.3 Å². The van der Waals surface area contributed by atoms with E-state index in [1.165, 1.54) is 0 Å². The van der Waals surface area contributed by atoms with Gasteiger partial charge < -0.3 is 20.0 Å². The Morgan fingerprint density at radius 1 is 0.821 bits per heavy atom. The third kappa shape index (κ3) is 5.17. The van der Waals surface area contributed by atoms with Crippen LogP contribution in [0.1, 0.15) is 52.8 Å². The number of imide groups is 2. The van der Waals surface area contributed by atoms with Crippen LogP contribution in [0.2, 0.25) is 0 Å². The van der Waals surface area contributed by atoms with Crippen LogP contribution < -0.4 is 15.5 Å². The predicted octanol–water partition coefficient (Wildman–Crippen LogP) is 0.0579. The van der Waals surface area contributed by atoms with Gasteiger partial charge in [0.1, 0.15) is 6.04 Å². The van der Waals surface area contributed by atoms with Crippen LogP contribution in [0.4, 0.5) is 5.69 Å². The summed E-state index contributed by atoms with van der Waals surface area (Å²) in [6.07, 6.45) is 2.81. The van der Waals surface area contributed by atoms with E-state index in [0.29, 0.717) is 29.4 Å². The van der Waals surface area contributed by atoms with Crippen molar-refractivity contribution in [3.8, 4) is 0 Å². The minimum atomic E-state index is -0.959. The molecule has 0 aliphatic carbocycles. The van der Waals surface area contributed by atoms with E-state index in [1.807, 2.05) is 6.07 Å². The Hall–Kier alpha value is -3.31. The molecule has 1 aromatic rings. The Balaban J connectivity index is 1.03. The molecule has 4 fully saturated rings. The molecule has 0 aromatic heterocycles. The molecule has 1 aromatic carbocycles. The van der Waals surface area contributed by atoms with Gasteiger partial charge in [-0.25, -0.2) is 0 Å². The van der Waals surface area contributed by atoms with Crippen molar-refractivity contribution in [2.24, 2.45) is 11.8 Å². The maximum Gasteiger partial charge on any atom is 0.262 e. The summed E-state index contributed by atoms with van der Waals surface area (Å²) in [5.41, 5.74) is 1.49. The van der Waals surface area contributed by atoms with Crippen LogP contribution >= 0.6 is 0 Å². The number of hydrogen-bond acceptors (Lipinski definition) is 8. The first-order valence-electron chi connectivity index (χ1n) is 14.2. The number of piperidine rings is 2. The smallest absolute Gasteiger partial charge is 0.262 e. The Morgan fingerprint density at radius 3 is 2.31 bits per heavy atom. The normalized spacial score (nSPS) is 27.0. The first-order valence-corrected chi connectivity index (χ1v) is 14.2. The molecule has 5 amide bonds. The highest BCUT2D eigenvalue weighted by Crippen LogP contribution is 2.32. The number of likely N-dealkylation sites (tertiary alicyclic amines) is 1. The highest BCUT2D eigenvalue weighted by molar-refractivity contribution is 6.23. The summed E-state index contributed by atoms with van der Waals surface area (Å²) in [5, 5.41) is 5.61. The van der Waals surface area contributed by atoms with Gasteiger partial charge in [0.2, 0.25) is 17.7 Å². The number of carbonyl (C=O) groups is 5. The third-order valence-electron chi connectivity index (χ3n) is 8.90. The SMILES string of the molecule is O=C1CCC(N2C(=O)c3ccc(N4CCC(CN5C[C@@H](CN6CCNCC6)CC5=O)CC4)cc3C2=O)C(=O)N1. The molecule has 1 unspecified atom stereocenters. The number of piperazine rings is 1. The van der Waals surface area contributed by atoms with E-state index in [0.717, 1.165) is 82.3 Å². The summed E-state index contributed by atoms with van der Waals surface area (Å²) < 4.78 is 0. The molecule has 0 radical (unpaired) electrons. The number of amides is 5. The maximum atomic E-state index is 13.2. The predicted molar refractivity (Wildman–Crippen MR) is 142 cm³/mol. The molecule has 208 valence electrons. The second kappa shape index (κ2) is 10.7. The van der Waals surface area contributed by atoms with Crippen molar-refractivity contribution in [2.75, 3.05) is 63.8 Å². The zero-order valence-corrected chi connectivity index (χ0v) is 22.2. The van der Waals surface area contributed by atoms with Crippen molar-refractivity contribution in [3.05, 3.63) is 29.3 Å². The lowest BCUT2D eigenvalue weighted by molar-refractivity contribution is -0.136. The van der Waals surface area contributed by atoms with E-state index in [-0.39, 0.29) is 24.7 Å². The molecule has 4 saturated heterocycles. The fourth-order valence-electron chi connectivity index (χ4n) is 6.75. The molecule has 5 heterocycles. The average molecular weight is 537 g/mol. The second-order valence-corrected chi connectivity index (χ2v) is 11.5. The van der Waals surface area contributed by atoms with Gasteiger partial charge in [-0.15, -0.1) is 0 Å². The average Bonchev–Trinajstić information content (AvgIpc) is 3.40. The van der Waals surface area contributed by atoms with E-state index in [1.54, 1.807) is 12.1 Å². The summed E-state index contributed by atoms with van der Waals surface area (Å²) in [6, 6.07) is 4.33. The van der Waals surface area contributed by atoms with Crippen molar-refractivity contribution >= 4 is 35.2 Å². The van der Waals surface area contributed by atoms with Crippen LogP contribution in [0, 0.1) is 11.8 Å². The number of fused-ring (bicyclic) bond motifs is 1. The van der Waals surface area contributed by atoms with Gasteiger partial charge >= 0.3 is 0 Å². The summed E-state index contributed by atoms with van der Waals surface area (Å²) in [7, 11) is 0. The van der Waals surface area contributed by atoms with Crippen molar-refractivity contribution in [1.29, 1.82) is 0 Å². The largest absolute Gasteiger partial charge is 0.371 e. The topological polar surface area (TPSA) is 122 Å². The Bertz CT molecular complexity index is 1190. The molecule has 2 N–H and O–H groups in total. The van der Waals surface area contributed by atoms with Crippen LogP contribution in [-0.2, 0) is 14.4 Å². The van der Waals surface area contributed by atoms with E-state index < -0.39 is 23.8 Å². The number of carbonyl (C=O) groups excluding carboxylic acids is 5. The minimum absolute atomic E-state index is 0.101. The molecular formula is C28H36N6O5. The third-order valence-corrected chi connectivity index (χ3v) is 8.90. The molecule has 5 aliphatic heterocycles. The van der Waals surface area contributed by atoms with Gasteiger partial charge in [-0.05, 0) is 49.3 Å². The molecule has 2 atom stereocenters. The van der Waals surface area contributed by atoms with Crippen LogP contribution in [-0.4, -0.2) is 109 Å². The number of nitrogens with one attached hydrogen (secondary N) is 2. The fourth-order valence-corrected chi connectivity index (χ4v) is 6.75. The van der Waals surface area contributed by atoms with Gasteiger partial charge in [0.25, 0.3) is 11.8 Å². The van der Waals surface area contributed by atoms with Gasteiger partial charge in [-0.3, -0.25) is 34.2 Å². The number of benzene rings is 1.